The van der Waals surface area contributed by atoms with Crippen molar-refractivity contribution in [2.24, 2.45) is 11.7 Å². The molecule has 12 heteroatoms. The van der Waals surface area contributed by atoms with Gasteiger partial charge in [-0.1, -0.05) is 18.6 Å². The lowest BCUT2D eigenvalue weighted by molar-refractivity contribution is -0.137. The Morgan fingerprint density at radius 3 is 2.59 bits per heavy atom. The molecule has 0 radical (unpaired) electrons. The van der Waals surface area contributed by atoms with Gasteiger partial charge in [0.1, 0.15) is 22.8 Å². The van der Waals surface area contributed by atoms with E-state index in [1.165, 1.54) is 25.3 Å². The van der Waals surface area contributed by atoms with Crippen LogP contribution in [0.25, 0.3) is 0 Å². The molecule has 0 bridgehead atoms. The SMILES string of the molecule is C#CC(C)/C(C)=C(\C=C(/N)OC)Nc1ncc(C(F)(F)F)c(Nc2ccc(C)c(O)c2NC(=O)C=C)n1. The number of aryl methyl sites for hydroxylation is 1. The Bertz CT molecular complexity index is 1300. The highest BCUT2D eigenvalue weighted by Gasteiger charge is 2.35. The van der Waals surface area contributed by atoms with Crippen molar-refractivity contribution in [2.45, 2.75) is 26.9 Å². The van der Waals surface area contributed by atoms with E-state index in [1.54, 1.807) is 20.8 Å². The van der Waals surface area contributed by atoms with Gasteiger partial charge in [-0.05, 0) is 44.1 Å². The van der Waals surface area contributed by atoms with Crippen LogP contribution < -0.4 is 21.7 Å². The number of nitrogens with one attached hydrogen (secondary N) is 3. The lowest BCUT2D eigenvalue weighted by Crippen LogP contribution is -2.16. The number of nitrogens with two attached hydrogens (primary N) is 1. The summed E-state index contributed by atoms with van der Waals surface area (Å²) < 4.78 is 46.4. The van der Waals surface area contributed by atoms with E-state index >= 15 is 0 Å². The van der Waals surface area contributed by atoms with Crippen LogP contribution in [0.1, 0.15) is 25.0 Å². The third-order valence-electron chi connectivity index (χ3n) is 5.25. The fraction of sp³-hybridized carbons (Fsp3) is 0.240. The molecule has 1 atom stereocenters. The Morgan fingerprint density at radius 2 is 2.03 bits per heavy atom. The monoisotopic (exact) mass is 516 g/mol. The van der Waals surface area contributed by atoms with E-state index in [0.29, 0.717) is 23.0 Å². The van der Waals surface area contributed by atoms with Crippen LogP contribution in [0.3, 0.4) is 0 Å². The maximum absolute atomic E-state index is 13.8. The lowest BCUT2D eigenvalue weighted by atomic mass is 10.0. The second-order valence-corrected chi connectivity index (χ2v) is 7.79. The van der Waals surface area contributed by atoms with Crippen LogP contribution in [0.4, 0.5) is 36.3 Å². The molecule has 9 nitrogen and oxygen atoms in total. The summed E-state index contributed by atoms with van der Waals surface area (Å²) in [6.07, 6.45) is 3.62. The number of allylic oxidation sites excluding steroid dienone is 2. The third-order valence-corrected chi connectivity index (χ3v) is 5.25. The largest absolute Gasteiger partial charge is 0.505 e. The number of amides is 1. The zero-order chi connectivity index (χ0) is 27.9. The molecule has 0 aliphatic rings. The highest BCUT2D eigenvalue weighted by atomic mass is 19.4. The van der Waals surface area contributed by atoms with E-state index in [4.69, 9.17) is 16.9 Å². The first-order valence-corrected chi connectivity index (χ1v) is 10.7. The average molecular weight is 517 g/mol. The highest BCUT2D eigenvalue weighted by Crippen LogP contribution is 2.40. The first-order valence-electron chi connectivity index (χ1n) is 10.7. The maximum Gasteiger partial charge on any atom is 0.421 e. The molecule has 1 aromatic carbocycles. The zero-order valence-corrected chi connectivity index (χ0v) is 20.6. The Morgan fingerprint density at radius 1 is 1.35 bits per heavy atom. The average Bonchev–Trinajstić information content (AvgIpc) is 2.86. The predicted octanol–water partition coefficient (Wildman–Crippen LogP) is 4.78. The van der Waals surface area contributed by atoms with Crippen molar-refractivity contribution < 1.29 is 27.8 Å². The number of alkyl halides is 3. The van der Waals surface area contributed by atoms with Crippen LogP contribution in [-0.2, 0) is 15.7 Å². The smallest absolute Gasteiger partial charge is 0.421 e. The van der Waals surface area contributed by atoms with E-state index in [1.807, 2.05) is 0 Å². The second-order valence-electron chi connectivity index (χ2n) is 7.79. The number of carbonyl (C=O) groups excluding carboxylic acids is 1. The molecule has 0 saturated carbocycles. The molecule has 1 heterocycles. The molecule has 0 fully saturated rings. The third kappa shape index (κ3) is 7.17. The Balaban J connectivity index is 2.65. The fourth-order valence-electron chi connectivity index (χ4n) is 2.90. The molecule has 0 aliphatic heterocycles. The van der Waals surface area contributed by atoms with Crippen LogP contribution in [0.5, 0.6) is 5.75 Å². The molecule has 37 heavy (non-hydrogen) atoms. The number of phenolic OH excluding ortho intramolecular Hbond substituents is 1. The summed E-state index contributed by atoms with van der Waals surface area (Å²) in [5, 5.41) is 18.2. The molecule has 6 N–H and O–H groups in total. The van der Waals surface area contributed by atoms with Gasteiger partial charge in [-0.25, -0.2) is 4.98 Å². The molecule has 2 aromatic rings. The zero-order valence-electron chi connectivity index (χ0n) is 20.6. The van der Waals surface area contributed by atoms with Gasteiger partial charge >= 0.3 is 6.18 Å². The van der Waals surface area contributed by atoms with Gasteiger partial charge in [-0.2, -0.15) is 18.2 Å². The van der Waals surface area contributed by atoms with E-state index in [9.17, 15) is 23.1 Å². The number of rotatable bonds is 9. The van der Waals surface area contributed by atoms with Crippen molar-refractivity contribution in [3.8, 4) is 18.1 Å². The number of aromatic hydroxyl groups is 1. The van der Waals surface area contributed by atoms with Gasteiger partial charge < -0.3 is 31.5 Å². The summed E-state index contributed by atoms with van der Waals surface area (Å²) in [4.78, 5) is 19.7. The molecule has 1 aromatic heterocycles. The summed E-state index contributed by atoms with van der Waals surface area (Å²) in [6.45, 7) is 8.35. The van der Waals surface area contributed by atoms with Crippen molar-refractivity contribution in [3.05, 3.63) is 65.3 Å². The summed E-state index contributed by atoms with van der Waals surface area (Å²) in [5.41, 5.74) is 5.69. The van der Waals surface area contributed by atoms with Gasteiger partial charge in [0.15, 0.2) is 5.88 Å². The number of terminal acetylenes is 1. The number of anilines is 4. The summed E-state index contributed by atoms with van der Waals surface area (Å²) >= 11 is 0. The van der Waals surface area contributed by atoms with Crippen LogP contribution in [0.2, 0.25) is 0 Å². The number of aromatic nitrogens is 2. The molecular weight excluding hydrogens is 489 g/mol. The van der Waals surface area contributed by atoms with Gasteiger partial charge in [0, 0.05) is 23.9 Å². The lowest BCUT2D eigenvalue weighted by Gasteiger charge is -2.19. The topological polar surface area (TPSA) is 134 Å². The fourth-order valence-corrected chi connectivity index (χ4v) is 2.90. The number of hydrogen-bond donors (Lipinski definition) is 5. The molecule has 1 unspecified atom stereocenters. The Kier molecular flexibility index (Phi) is 9.15. The maximum atomic E-state index is 13.8. The van der Waals surface area contributed by atoms with Gasteiger partial charge in [0.2, 0.25) is 11.9 Å². The van der Waals surface area contributed by atoms with E-state index in [0.717, 1.165) is 6.08 Å². The second kappa shape index (κ2) is 11.9. The van der Waals surface area contributed by atoms with Gasteiger partial charge in [-0.15, -0.1) is 6.42 Å². The van der Waals surface area contributed by atoms with Gasteiger partial charge in [0.05, 0.1) is 12.8 Å². The van der Waals surface area contributed by atoms with E-state index in [-0.39, 0.29) is 34.9 Å². The number of benzene rings is 1. The molecule has 0 saturated heterocycles. The first-order chi connectivity index (χ1) is 17.3. The molecule has 0 aliphatic carbocycles. The standard InChI is InChI=1S/C25H27F3N6O3/c1-7-13(3)15(5)18(11-19(29)37-6)32-24-30-12-16(25(26,27)28)23(34-24)31-17-10-9-14(4)22(36)21(17)33-20(35)8-2/h1,8-13,36H,2,29H2,3-6H3,(H,33,35)(H2,30,31,32,34)/b18-15+,19-11+. The van der Waals surface area contributed by atoms with Crippen molar-refractivity contribution in [3.63, 3.8) is 0 Å². The van der Waals surface area contributed by atoms with Crippen LogP contribution in [0.15, 0.2) is 54.2 Å². The minimum atomic E-state index is -4.83. The molecule has 2 rings (SSSR count). The predicted molar refractivity (Wildman–Crippen MR) is 136 cm³/mol. The normalized spacial score (nSPS) is 13.1. The van der Waals surface area contributed by atoms with Crippen molar-refractivity contribution >= 4 is 29.0 Å². The van der Waals surface area contributed by atoms with Crippen molar-refractivity contribution in [2.75, 3.05) is 23.1 Å². The quantitative estimate of drug-likeness (QED) is 0.106. The van der Waals surface area contributed by atoms with Crippen molar-refractivity contribution in [1.29, 1.82) is 0 Å². The van der Waals surface area contributed by atoms with E-state index in [2.05, 4.69) is 38.4 Å². The number of hydrogen-bond acceptors (Lipinski definition) is 8. The number of nitrogens with zero attached hydrogens (tertiary/aromatic N) is 2. The summed E-state index contributed by atoms with van der Waals surface area (Å²) in [6, 6.07) is 2.84. The van der Waals surface area contributed by atoms with Crippen molar-refractivity contribution in [1.82, 2.24) is 9.97 Å². The number of halogens is 3. The van der Waals surface area contributed by atoms with Crippen LogP contribution >= 0.6 is 0 Å². The Labute approximate surface area is 212 Å². The first kappa shape index (κ1) is 28.6. The summed E-state index contributed by atoms with van der Waals surface area (Å²) in [5.74, 6) is 0.317. The molecule has 0 spiro atoms. The number of carbonyl (C=O) groups is 1. The van der Waals surface area contributed by atoms with Gasteiger partial charge in [-0.3, -0.25) is 4.79 Å². The Hall–Kier alpha value is -4.66. The highest BCUT2D eigenvalue weighted by molar-refractivity contribution is 6.03. The molecule has 196 valence electrons. The molecule has 1 amide bonds. The minimum absolute atomic E-state index is 0.00839. The van der Waals surface area contributed by atoms with Crippen LogP contribution in [0, 0.1) is 25.2 Å². The number of phenols is 1. The minimum Gasteiger partial charge on any atom is -0.505 e. The molecular formula is C25H27F3N6O3. The number of ether oxygens (including phenoxy) is 1. The number of methoxy groups -OCH3 is 1. The van der Waals surface area contributed by atoms with E-state index < -0.39 is 23.5 Å². The van der Waals surface area contributed by atoms with Gasteiger partial charge in [0.25, 0.3) is 0 Å². The summed E-state index contributed by atoms with van der Waals surface area (Å²) in [7, 11) is 1.35. The van der Waals surface area contributed by atoms with Crippen LogP contribution in [-0.4, -0.2) is 28.1 Å².